The summed E-state index contributed by atoms with van der Waals surface area (Å²) in [4.78, 5) is 2.18. The highest BCUT2D eigenvalue weighted by Crippen LogP contribution is 2.40. The van der Waals surface area contributed by atoms with Crippen molar-refractivity contribution in [3.63, 3.8) is 0 Å². The Morgan fingerprint density at radius 3 is 2.33 bits per heavy atom. The van der Waals surface area contributed by atoms with Gasteiger partial charge in [0.25, 0.3) is 0 Å². The number of rotatable bonds is 4. The number of nitrogens with zero attached hydrogens (tertiary/aromatic N) is 2. The van der Waals surface area contributed by atoms with Crippen LogP contribution in [0.1, 0.15) is 0 Å². The monoisotopic (exact) mass is 391 g/mol. The minimum Gasteiger partial charge on any atom is -0.604 e. The third kappa shape index (κ3) is 5.10. The Bertz CT molecular complexity index is 718. The van der Waals surface area contributed by atoms with E-state index in [0.717, 1.165) is 12.1 Å². The molecule has 1 aromatic carbocycles. The zero-order chi connectivity index (χ0) is 18.1. The number of halogens is 6. The number of benzene rings is 1. The van der Waals surface area contributed by atoms with E-state index in [4.69, 9.17) is 5.73 Å². The van der Waals surface area contributed by atoms with E-state index in [1.54, 1.807) is 0 Å². The molecule has 0 aliphatic heterocycles. The highest BCUT2D eigenvalue weighted by atomic mass is 32.2. The summed E-state index contributed by atoms with van der Waals surface area (Å²) in [6.07, 6.45) is 0. The van der Waals surface area contributed by atoms with Crippen molar-refractivity contribution in [2.75, 3.05) is 11.1 Å². The lowest BCUT2D eigenvalue weighted by Gasteiger charge is -2.15. The molecule has 1 atom stereocenters. The second-order valence-electron chi connectivity index (χ2n) is 4.12. The molecular formula is C10H7F6N5OS2. The molecule has 0 saturated carbocycles. The van der Waals surface area contributed by atoms with Crippen LogP contribution in [0.15, 0.2) is 28.0 Å². The molecule has 0 amide bonds. The molecule has 24 heavy (non-hydrogen) atoms. The highest BCUT2D eigenvalue weighted by molar-refractivity contribution is 8.00. The number of hydrogen-bond acceptors (Lipinski definition) is 6. The van der Waals surface area contributed by atoms with Crippen molar-refractivity contribution in [2.45, 2.75) is 20.8 Å². The number of anilines is 3. The molecule has 0 saturated heterocycles. The van der Waals surface area contributed by atoms with Crippen LogP contribution in [0.3, 0.4) is 0 Å². The van der Waals surface area contributed by atoms with Gasteiger partial charge in [-0.25, -0.2) is 5.10 Å². The maximum absolute atomic E-state index is 12.6. The second-order valence-corrected chi connectivity index (χ2v) is 6.73. The Kier molecular flexibility index (Phi) is 5.10. The molecule has 6 nitrogen and oxygen atoms in total. The lowest BCUT2D eigenvalue weighted by molar-refractivity contribution is -0.0435. The van der Waals surface area contributed by atoms with Gasteiger partial charge in [0.2, 0.25) is 11.9 Å². The smallest absolute Gasteiger partial charge is 0.578 e. The molecule has 4 N–H and O–H groups in total. The molecule has 0 fully saturated rings. The van der Waals surface area contributed by atoms with Crippen LogP contribution < -0.4 is 11.1 Å². The van der Waals surface area contributed by atoms with Gasteiger partial charge in [0.15, 0.2) is 4.90 Å². The second kappa shape index (κ2) is 6.60. The Labute approximate surface area is 137 Å². The van der Waals surface area contributed by atoms with Crippen LogP contribution in [0.25, 0.3) is 0 Å². The van der Waals surface area contributed by atoms with Gasteiger partial charge in [-0.2, -0.15) is 18.2 Å². The van der Waals surface area contributed by atoms with Crippen molar-refractivity contribution >= 4 is 40.5 Å². The van der Waals surface area contributed by atoms with Crippen molar-refractivity contribution < 1.29 is 30.9 Å². The first-order valence-electron chi connectivity index (χ1n) is 5.78. The van der Waals surface area contributed by atoms with Crippen molar-refractivity contribution in [2.24, 2.45) is 0 Å². The number of nitrogens with two attached hydrogens (primary N) is 1. The Morgan fingerprint density at radius 1 is 1.17 bits per heavy atom. The fourth-order valence-electron chi connectivity index (χ4n) is 1.54. The maximum Gasteiger partial charge on any atom is 0.578 e. The number of aromatic nitrogens is 3. The summed E-state index contributed by atoms with van der Waals surface area (Å²) >= 11 is -4.14. The fourth-order valence-corrected chi connectivity index (χ4v) is 2.99. The van der Waals surface area contributed by atoms with Crippen LogP contribution in [0, 0.1) is 0 Å². The lowest BCUT2D eigenvalue weighted by atomic mass is 10.3. The summed E-state index contributed by atoms with van der Waals surface area (Å²) in [5.74, 6) is -0.289. The largest absolute Gasteiger partial charge is 0.604 e. The molecule has 132 valence electrons. The van der Waals surface area contributed by atoms with Gasteiger partial charge in [-0.1, -0.05) is 0 Å². The number of nitrogen functional groups attached to an aromatic ring is 1. The third-order valence-corrected chi connectivity index (χ3v) is 4.08. The van der Waals surface area contributed by atoms with Gasteiger partial charge >= 0.3 is 11.0 Å². The van der Waals surface area contributed by atoms with E-state index in [9.17, 15) is 30.9 Å². The first-order chi connectivity index (χ1) is 10.9. The molecule has 0 aliphatic carbocycles. The molecule has 0 aliphatic rings. The topological polar surface area (TPSA) is 103 Å². The number of thioether (sulfide) groups is 1. The van der Waals surface area contributed by atoms with E-state index in [2.05, 4.69) is 20.5 Å². The first kappa shape index (κ1) is 18.5. The van der Waals surface area contributed by atoms with E-state index in [-0.39, 0.29) is 17.6 Å². The molecule has 2 aromatic rings. The minimum atomic E-state index is -5.12. The van der Waals surface area contributed by atoms with Crippen molar-refractivity contribution in [3.05, 3.63) is 18.2 Å². The predicted octanol–water partition coefficient (Wildman–Crippen LogP) is 3.37. The van der Waals surface area contributed by atoms with Gasteiger partial charge < -0.3 is 15.6 Å². The summed E-state index contributed by atoms with van der Waals surface area (Å²) < 4.78 is 86.5. The lowest BCUT2D eigenvalue weighted by Crippen LogP contribution is -2.23. The average Bonchev–Trinajstić information content (AvgIpc) is 2.79. The number of hydrogen-bond donors (Lipinski definition) is 3. The molecular weight excluding hydrogens is 384 g/mol. The van der Waals surface area contributed by atoms with E-state index in [1.165, 1.54) is 0 Å². The molecule has 1 heterocycles. The first-order valence-corrected chi connectivity index (χ1v) is 7.75. The number of alkyl halides is 6. The standard InChI is InChI=1S/C10H7F6N5OS2/c11-9(12,13)23-5-1-4(18-8-19-7(17)20-21-8)2-6(3-5)24(22)10(14,15)16/h1-3H,(H4,17,18,19,20,21). The summed E-state index contributed by atoms with van der Waals surface area (Å²) in [5, 5.41) is 8.15. The summed E-state index contributed by atoms with van der Waals surface area (Å²) in [6.45, 7) is 0. The van der Waals surface area contributed by atoms with E-state index >= 15 is 0 Å². The van der Waals surface area contributed by atoms with Crippen molar-refractivity contribution in [1.29, 1.82) is 0 Å². The molecule has 0 bridgehead atoms. The van der Waals surface area contributed by atoms with E-state index < -0.39 is 43.7 Å². The van der Waals surface area contributed by atoms with E-state index in [0.29, 0.717) is 6.07 Å². The zero-order valence-corrected chi connectivity index (χ0v) is 12.8. The van der Waals surface area contributed by atoms with Crippen molar-refractivity contribution in [3.8, 4) is 0 Å². The third-order valence-electron chi connectivity index (χ3n) is 2.30. The van der Waals surface area contributed by atoms with Crippen LogP contribution in [-0.4, -0.2) is 30.8 Å². The van der Waals surface area contributed by atoms with Crippen LogP contribution in [0.2, 0.25) is 0 Å². The van der Waals surface area contributed by atoms with Gasteiger partial charge in [0.05, 0.1) is 11.2 Å². The SMILES string of the molecule is Nc1nc(Nc2cc(SC(F)(F)F)cc([S+]([O-])C(F)(F)F)c2)n[nH]1. The van der Waals surface area contributed by atoms with Crippen molar-refractivity contribution in [1.82, 2.24) is 15.2 Å². The minimum absolute atomic E-state index is 0.114. The Hall–Kier alpha value is -1.80. The summed E-state index contributed by atoms with van der Waals surface area (Å²) in [6, 6.07) is 2.26. The van der Waals surface area contributed by atoms with Gasteiger partial charge in [-0.15, -0.1) is 18.3 Å². The molecule has 0 spiro atoms. The van der Waals surface area contributed by atoms with Gasteiger partial charge in [0, 0.05) is 22.7 Å². The fraction of sp³-hybridized carbons (Fsp3) is 0.200. The molecule has 1 unspecified atom stereocenters. The number of aromatic amines is 1. The maximum atomic E-state index is 12.6. The summed E-state index contributed by atoms with van der Waals surface area (Å²) in [5.41, 5.74) is -4.80. The molecule has 2 rings (SSSR count). The molecule has 0 radical (unpaired) electrons. The summed E-state index contributed by atoms with van der Waals surface area (Å²) in [7, 11) is 0. The van der Waals surface area contributed by atoms with Gasteiger partial charge in [-0.05, 0) is 17.8 Å². The molecule has 14 heteroatoms. The molecule has 1 aromatic heterocycles. The Balaban J connectivity index is 2.39. The quantitative estimate of drug-likeness (QED) is 0.420. The zero-order valence-electron chi connectivity index (χ0n) is 11.2. The van der Waals surface area contributed by atoms with Gasteiger partial charge in [-0.3, -0.25) is 0 Å². The van der Waals surface area contributed by atoms with Crippen LogP contribution in [0.5, 0.6) is 0 Å². The Morgan fingerprint density at radius 2 is 1.83 bits per heavy atom. The normalized spacial score (nSPS) is 13.8. The van der Waals surface area contributed by atoms with Crippen LogP contribution in [0.4, 0.5) is 43.9 Å². The van der Waals surface area contributed by atoms with Crippen LogP contribution >= 0.6 is 11.8 Å². The van der Waals surface area contributed by atoms with Crippen LogP contribution in [-0.2, 0) is 11.2 Å². The van der Waals surface area contributed by atoms with Gasteiger partial charge in [0.1, 0.15) is 0 Å². The average molecular weight is 391 g/mol. The number of nitrogens with one attached hydrogen (secondary N) is 2. The van der Waals surface area contributed by atoms with E-state index in [1.807, 2.05) is 0 Å². The highest BCUT2D eigenvalue weighted by Gasteiger charge is 2.46. The number of H-pyrrole nitrogens is 1. The predicted molar refractivity (Wildman–Crippen MR) is 74.9 cm³/mol.